The zero-order valence-corrected chi connectivity index (χ0v) is 17.1. The van der Waals surface area contributed by atoms with Gasteiger partial charge in [-0.25, -0.2) is 9.78 Å². The standard InChI is InChI=1S/C22H30O6/c1-13-5-10-18-14(2)19(24-16-8-6-15(23-4)7-9-16)25-20-22(18)17(13)11-12-21(3,26-20)27-28-22/h6-9,13-14,17-20H,5,10-12H2,1-4H3/t13-,14-,17+,18+,19+,20-,21+,22-/m1/s1. The van der Waals surface area contributed by atoms with Gasteiger partial charge in [-0.05, 0) is 62.3 Å². The molecule has 0 radical (unpaired) electrons. The first-order valence-corrected chi connectivity index (χ1v) is 10.5. The van der Waals surface area contributed by atoms with Gasteiger partial charge in [0.05, 0.1) is 7.11 Å². The Balaban J connectivity index is 1.46. The van der Waals surface area contributed by atoms with Crippen molar-refractivity contribution in [2.24, 2.45) is 23.7 Å². The fourth-order valence-corrected chi connectivity index (χ4v) is 5.80. The second kappa shape index (κ2) is 6.59. The van der Waals surface area contributed by atoms with Crippen LogP contribution in [-0.2, 0) is 19.2 Å². The molecule has 28 heavy (non-hydrogen) atoms. The fourth-order valence-electron chi connectivity index (χ4n) is 5.80. The first kappa shape index (κ1) is 18.7. The van der Waals surface area contributed by atoms with Gasteiger partial charge in [0.25, 0.3) is 0 Å². The van der Waals surface area contributed by atoms with E-state index in [4.69, 9.17) is 28.7 Å². The van der Waals surface area contributed by atoms with Crippen LogP contribution in [0.1, 0.15) is 46.5 Å². The van der Waals surface area contributed by atoms with E-state index in [1.807, 2.05) is 31.2 Å². The average Bonchev–Trinajstić information content (AvgIpc) is 2.92. The van der Waals surface area contributed by atoms with E-state index in [-0.39, 0.29) is 11.8 Å². The number of methoxy groups -OCH3 is 1. The number of rotatable bonds is 3. The van der Waals surface area contributed by atoms with Crippen molar-refractivity contribution in [1.29, 1.82) is 0 Å². The second-order valence-corrected chi connectivity index (χ2v) is 9.07. The van der Waals surface area contributed by atoms with E-state index in [9.17, 15) is 0 Å². The Labute approximate surface area is 166 Å². The first-order chi connectivity index (χ1) is 13.4. The summed E-state index contributed by atoms with van der Waals surface area (Å²) >= 11 is 0. The number of hydrogen-bond acceptors (Lipinski definition) is 6. The van der Waals surface area contributed by atoms with Crippen LogP contribution in [0.15, 0.2) is 24.3 Å². The van der Waals surface area contributed by atoms with Crippen molar-refractivity contribution in [3.8, 4) is 11.5 Å². The second-order valence-electron chi connectivity index (χ2n) is 9.07. The Kier molecular flexibility index (Phi) is 4.40. The molecular weight excluding hydrogens is 360 g/mol. The van der Waals surface area contributed by atoms with E-state index in [0.29, 0.717) is 11.8 Å². The molecule has 6 heteroatoms. The molecule has 0 N–H and O–H groups in total. The van der Waals surface area contributed by atoms with E-state index in [1.165, 1.54) is 6.42 Å². The highest BCUT2D eigenvalue weighted by Crippen LogP contribution is 2.60. The highest BCUT2D eigenvalue weighted by molar-refractivity contribution is 5.31. The summed E-state index contributed by atoms with van der Waals surface area (Å²) < 4.78 is 24.3. The van der Waals surface area contributed by atoms with Crippen LogP contribution in [-0.4, -0.2) is 31.1 Å². The van der Waals surface area contributed by atoms with Gasteiger partial charge in [0.2, 0.25) is 12.1 Å². The molecule has 0 amide bonds. The Morgan fingerprint density at radius 1 is 0.964 bits per heavy atom. The zero-order chi connectivity index (χ0) is 19.5. The molecule has 0 aromatic heterocycles. The van der Waals surface area contributed by atoms with Gasteiger partial charge in [0.1, 0.15) is 11.5 Å². The van der Waals surface area contributed by atoms with Gasteiger partial charge >= 0.3 is 0 Å². The molecule has 5 aliphatic rings. The number of ether oxygens (including phenoxy) is 4. The zero-order valence-electron chi connectivity index (χ0n) is 17.1. The third-order valence-corrected chi connectivity index (χ3v) is 7.41. The first-order valence-electron chi connectivity index (χ1n) is 10.5. The summed E-state index contributed by atoms with van der Waals surface area (Å²) in [6.45, 7) is 6.46. The van der Waals surface area contributed by atoms with Crippen LogP contribution in [0.25, 0.3) is 0 Å². The van der Waals surface area contributed by atoms with Gasteiger partial charge in [-0.3, -0.25) is 0 Å². The monoisotopic (exact) mass is 390 g/mol. The van der Waals surface area contributed by atoms with Crippen LogP contribution < -0.4 is 9.47 Å². The third kappa shape index (κ3) is 2.69. The Morgan fingerprint density at radius 3 is 2.46 bits per heavy atom. The molecule has 4 heterocycles. The summed E-state index contributed by atoms with van der Waals surface area (Å²) in [6.07, 6.45) is 3.22. The summed E-state index contributed by atoms with van der Waals surface area (Å²) in [5.74, 6) is 2.14. The summed E-state index contributed by atoms with van der Waals surface area (Å²) in [6, 6.07) is 7.60. The summed E-state index contributed by atoms with van der Waals surface area (Å²) in [5.41, 5.74) is -0.549. The van der Waals surface area contributed by atoms with Gasteiger partial charge < -0.3 is 18.9 Å². The van der Waals surface area contributed by atoms with Crippen molar-refractivity contribution in [3.05, 3.63) is 24.3 Å². The van der Waals surface area contributed by atoms with Crippen LogP contribution in [0.2, 0.25) is 0 Å². The van der Waals surface area contributed by atoms with E-state index in [1.54, 1.807) is 7.11 Å². The molecule has 4 aliphatic heterocycles. The highest BCUT2D eigenvalue weighted by Gasteiger charge is 2.69. The van der Waals surface area contributed by atoms with Crippen molar-refractivity contribution >= 4 is 0 Å². The van der Waals surface area contributed by atoms with Crippen molar-refractivity contribution in [2.45, 2.75) is 70.4 Å². The molecule has 2 bridgehead atoms. The molecule has 1 aromatic carbocycles. The van der Waals surface area contributed by atoms with Crippen molar-refractivity contribution in [2.75, 3.05) is 7.11 Å². The maximum atomic E-state index is 6.44. The van der Waals surface area contributed by atoms with Gasteiger partial charge in [-0.15, -0.1) is 0 Å². The van der Waals surface area contributed by atoms with Crippen molar-refractivity contribution in [3.63, 3.8) is 0 Å². The molecule has 5 fully saturated rings. The van der Waals surface area contributed by atoms with E-state index in [2.05, 4.69) is 13.8 Å². The molecule has 1 aromatic rings. The number of fused-ring (bicyclic) bond motifs is 2. The molecule has 0 unspecified atom stereocenters. The van der Waals surface area contributed by atoms with E-state index >= 15 is 0 Å². The SMILES string of the molecule is COc1ccc(O[C@H]2O[C@@H]3O[C@]4(C)CC[C@H]5[C@H](C)CC[C@@H]([C@H]2C)[C@@]35OO4)cc1. The molecule has 6 nitrogen and oxygen atoms in total. The summed E-state index contributed by atoms with van der Waals surface area (Å²) in [5, 5.41) is 0. The van der Waals surface area contributed by atoms with Gasteiger partial charge in [-0.2, -0.15) is 0 Å². The van der Waals surface area contributed by atoms with Gasteiger partial charge in [0, 0.05) is 18.3 Å². The Morgan fingerprint density at radius 2 is 1.71 bits per heavy atom. The minimum absolute atomic E-state index is 0.156. The molecule has 1 aliphatic carbocycles. The average molecular weight is 390 g/mol. The minimum Gasteiger partial charge on any atom is -0.497 e. The predicted molar refractivity (Wildman–Crippen MR) is 100 cm³/mol. The van der Waals surface area contributed by atoms with Crippen molar-refractivity contribution in [1.82, 2.24) is 0 Å². The van der Waals surface area contributed by atoms with Crippen LogP contribution in [0.4, 0.5) is 0 Å². The van der Waals surface area contributed by atoms with Crippen molar-refractivity contribution < 1.29 is 28.7 Å². The minimum atomic E-state index is -0.761. The molecule has 8 atom stereocenters. The van der Waals surface area contributed by atoms with Gasteiger partial charge in [-0.1, -0.05) is 13.8 Å². The van der Waals surface area contributed by atoms with Gasteiger partial charge in [0.15, 0.2) is 11.9 Å². The maximum absolute atomic E-state index is 6.44. The summed E-state index contributed by atoms with van der Waals surface area (Å²) in [7, 11) is 1.66. The van der Waals surface area contributed by atoms with Crippen LogP contribution >= 0.6 is 0 Å². The summed E-state index contributed by atoms with van der Waals surface area (Å²) in [4.78, 5) is 12.0. The molecule has 6 rings (SSSR count). The lowest BCUT2D eigenvalue weighted by Gasteiger charge is -2.60. The van der Waals surface area contributed by atoms with E-state index < -0.39 is 24.0 Å². The number of hydrogen-bond donors (Lipinski definition) is 0. The van der Waals surface area contributed by atoms with Crippen LogP contribution in [0, 0.1) is 23.7 Å². The molecular formula is C22H30O6. The smallest absolute Gasteiger partial charge is 0.205 e. The topological polar surface area (TPSA) is 55.4 Å². The Hall–Kier alpha value is -1.34. The fraction of sp³-hybridized carbons (Fsp3) is 0.727. The third-order valence-electron chi connectivity index (χ3n) is 7.41. The molecule has 154 valence electrons. The quantitative estimate of drug-likeness (QED) is 0.718. The number of benzene rings is 1. The van der Waals surface area contributed by atoms with Crippen LogP contribution in [0.5, 0.6) is 11.5 Å². The molecule has 1 saturated carbocycles. The van der Waals surface area contributed by atoms with E-state index in [0.717, 1.165) is 30.8 Å². The predicted octanol–water partition coefficient (Wildman–Crippen LogP) is 4.28. The molecule has 1 spiro atoms. The Bertz CT molecular complexity index is 722. The maximum Gasteiger partial charge on any atom is 0.205 e. The lowest BCUT2D eigenvalue weighted by molar-refractivity contribution is -0.575. The molecule has 4 saturated heterocycles. The lowest BCUT2D eigenvalue weighted by Crippen LogP contribution is -2.70. The van der Waals surface area contributed by atoms with Crippen LogP contribution in [0.3, 0.4) is 0 Å². The normalized spacial score (nSPS) is 47.1. The largest absolute Gasteiger partial charge is 0.497 e. The highest BCUT2D eigenvalue weighted by atomic mass is 17.3. The lowest BCUT2D eigenvalue weighted by atomic mass is 9.58.